The highest BCUT2D eigenvalue weighted by Gasteiger charge is 2.23. The second-order valence-corrected chi connectivity index (χ2v) is 7.46. The van der Waals surface area contributed by atoms with Gasteiger partial charge in [0.2, 0.25) is 11.9 Å². The quantitative estimate of drug-likeness (QED) is 0.656. The molecule has 3 rings (SSSR count). The van der Waals surface area contributed by atoms with Crippen LogP contribution in [0.2, 0.25) is 0 Å². The van der Waals surface area contributed by atoms with Crippen molar-refractivity contribution in [3.63, 3.8) is 0 Å². The van der Waals surface area contributed by atoms with E-state index in [0.29, 0.717) is 31.3 Å². The van der Waals surface area contributed by atoms with Crippen LogP contribution >= 0.6 is 11.8 Å². The first-order valence-corrected chi connectivity index (χ1v) is 10.2. The van der Waals surface area contributed by atoms with Gasteiger partial charge in [0.25, 0.3) is 0 Å². The molecular weight excluding hydrogens is 376 g/mol. The zero-order chi connectivity index (χ0) is 19.9. The van der Waals surface area contributed by atoms with Crippen LogP contribution in [0.4, 0.5) is 5.95 Å². The number of rotatable bonds is 7. The topological polar surface area (TPSA) is 87.3 Å². The summed E-state index contributed by atoms with van der Waals surface area (Å²) in [5, 5.41) is 18.2. The van der Waals surface area contributed by atoms with Gasteiger partial charge in [-0.2, -0.15) is 5.26 Å². The van der Waals surface area contributed by atoms with Crippen LogP contribution in [0.25, 0.3) is 5.69 Å². The molecule has 0 aliphatic carbocycles. The first-order valence-electron chi connectivity index (χ1n) is 9.19. The van der Waals surface area contributed by atoms with Gasteiger partial charge < -0.3 is 14.5 Å². The van der Waals surface area contributed by atoms with Crippen molar-refractivity contribution in [2.45, 2.75) is 18.5 Å². The third-order valence-electron chi connectivity index (χ3n) is 4.58. The molecule has 0 N–H and O–H groups in total. The molecule has 9 heteroatoms. The van der Waals surface area contributed by atoms with Gasteiger partial charge in [-0.15, -0.1) is 10.2 Å². The second kappa shape index (κ2) is 9.57. The smallest absolute Gasteiger partial charge is 0.232 e. The Labute approximate surface area is 169 Å². The minimum Gasteiger partial charge on any atom is -0.378 e. The van der Waals surface area contributed by atoms with E-state index in [9.17, 15) is 4.79 Å². The van der Waals surface area contributed by atoms with Crippen LogP contribution in [0.3, 0.4) is 0 Å². The first-order chi connectivity index (χ1) is 13.6. The molecule has 8 nitrogen and oxygen atoms in total. The van der Waals surface area contributed by atoms with Gasteiger partial charge in [0, 0.05) is 26.7 Å². The normalized spacial score (nSPS) is 14.0. The van der Waals surface area contributed by atoms with Gasteiger partial charge in [0.1, 0.15) is 0 Å². The molecule has 2 aromatic rings. The number of ether oxygens (including phenoxy) is 1. The van der Waals surface area contributed by atoms with Crippen molar-refractivity contribution in [1.82, 2.24) is 19.7 Å². The number of hydrogen-bond acceptors (Lipinski definition) is 7. The summed E-state index contributed by atoms with van der Waals surface area (Å²) >= 11 is 1.36. The molecule has 0 radical (unpaired) electrons. The molecule has 0 atom stereocenters. The Morgan fingerprint density at radius 3 is 2.79 bits per heavy atom. The largest absolute Gasteiger partial charge is 0.378 e. The lowest BCUT2D eigenvalue weighted by Gasteiger charge is -2.28. The van der Waals surface area contributed by atoms with Gasteiger partial charge in [-0.05, 0) is 18.6 Å². The van der Waals surface area contributed by atoms with Crippen molar-refractivity contribution in [1.29, 1.82) is 5.26 Å². The number of aromatic nitrogens is 3. The standard InChI is InChI=1S/C19H24N6O2S/c1-15-6-3-4-7-16(15)25-18(24-10-12-27-13-11-24)21-22-19(25)28-14-17(26)23(2)9-5-8-20/h3-4,6-7H,5,9-14H2,1-2H3. The monoisotopic (exact) mass is 400 g/mol. The van der Waals surface area contributed by atoms with E-state index in [0.717, 1.165) is 30.3 Å². The fraction of sp³-hybridized carbons (Fsp3) is 0.474. The predicted molar refractivity (Wildman–Crippen MR) is 108 cm³/mol. The maximum absolute atomic E-state index is 12.4. The van der Waals surface area contributed by atoms with Crippen LogP contribution in [-0.2, 0) is 9.53 Å². The number of nitriles is 1. The first kappa shape index (κ1) is 20.2. The number of anilines is 1. The van der Waals surface area contributed by atoms with E-state index in [1.807, 2.05) is 35.8 Å². The summed E-state index contributed by atoms with van der Waals surface area (Å²) in [6.07, 6.45) is 0.327. The van der Waals surface area contributed by atoms with Crippen molar-refractivity contribution in [2.75, 3.05) is 50.5 Å². The second-order valence-electron chi connectivity index (χ2n) is 6.52. The molecule has 28 heavy (non-hydrogen) atoms. The molecule has 2 heterocycles. The zero-order valence-corrected chi connectivity index (χ0v) is 17.0. The maximum Gasteiger partial charge on any atom is 0.232 e. The van der Waals surface area contributed by atoms with Crippen LogP contribution < -0.4 is 4.90 Å². The average molecular weight is 401 g/mol. The summed E-state index contributed by atoms with van der Waals surface area (Å²) in [6.45, 7) is 5.30. The minimum atomic E-state index is -0.0347. The van der Waals surface area contributed by atoms with Gasteiger partial charge in [-0.1, -0.05) is 30.0 Å². The molecule has 148 valence electrons. The molecule has 1 amide bonds. The van der Waals surface area contributed by atoms with Crippen LogP contribution in [0, 0.1) is 18.3 Å². The minimum absolute atomic E-state index is 0.0347. The number of carbonyl (C=O) groups excluding carboxylic acids is 1. The molecular formula is C19H24N6O2S. The van der Waals surface area contributed by atoms with E-state index in [2.05, 4.69) is 21.2 Å². The Hall–Kier alpha value is -2.57. The number of hydrogen-bond donors (Lipinski definition) is 0. The number of nitrogens with zero attached hydrogens (tertiary/aromatic N) is 6. The van der Waals surface area contributed by atoms with Gasteiger partial charge in [0.05, 0.1) is 37.1 Å². The Balaban J connectivity index is 1.85. The predicted octanol–water partition coefficient (Wildman–Crippen LogP) is 1.88. The fourth-order valence-corrected chi connectivity index (χ4v) is 3.81. The zero-order valence-electron chi connectivity index (χ0n) is 16.2. The van der Waals surface area contributed by atoms with E-state index < -0.39 is 0 Å². The highest BCUT2D eigenvalue weighted by atomic mass is 32.2. The lowest BCUT2D eigenvalue weighted by atomic mass is 10.2. The van der Waals surface area contributed by atoms with Crippen molar-refractivity contribution >= 4 is 23.6 Å². The van der Waals surface area contributed by atoms with Crippen LogP contribution in [0.5, 0.6) is 0 Å². The summed E-state index contributed by atoms with van der Waals surface area (Å²) < 4.78 is 7.48. The summed E-state index contributed by atoms with van der Waals surface area (Å²) in [5.41, 5.74) is 2.11. The lowest BCUT2D eigenvalue weighted by Crippen LogP contribution is -2.38. The van der Waals surface area contributed by atoms with Crippen molar-refractivity contribution < 1.29 is 9.53 Å². The number of carbonyl (C=O) groups is 1. The highest BCUT2D eigenvalue weighted by Crippen LogP contribution is 2.28. The Morgan fingerprint density at radius 1 is 1.32 bits per heavy atom. The highest BCUT2D eigenvalue weighted by molar-refractivity contribution is 7.99. The number of thioether (sulfide) groups is 1. The third-order valence-corrected chi connectivity index (χ3v) is 5.49. The maximum atomic E-state index is 12.4. The van der Waals surface area contributed by atoms with E-state index in [4.69, 9.17) is 10.00 Å². The van der Waals surface area contributed by atoms with E-state index >= 15 is 0 Å². The Kier molecular flexibility index (Phi) is 6.90. The van der Waals surface area contributed by atoms with E-state index in [1.54, 1.807) is 11.9 Å². The fourth-order valence-electron chi connectivity index (χ4n) is 2.93. The van der Waals surface area contributed by atoms with Crippen molar-refractivity contribution in [3.8, 4) is 11.8 Å². The number of aryl methyl sites for hydroxylation is 1. The number of morpholine rings is 1. The molecule has 0 unspecified atom stereocenters. The molecule has 0 spiro atoms. The molecule has 0 bridgehead atoms. The molecule has 1 aliphatic rings. The Bertz CT molecular complexity index is 856. The van der Waals surface area contributed by atoms with E-state index in [1.165, 1.54) is 11.8 Å². The molecule has 1 saturated heterocycles. The molecule has 1 aromatic heterocycles. The van der Waals surface area contributed by atoms with Crippen LogP contribution in [-0.4, -0.2) is 71.2 Å². The molecule has 1 aliphatic heterocycles. The molecule has 1 fully saturated rings. The average Bonchev–Trinajstić information content (AvgIpc) is 3.14. The lowest BCUT2D eigenvalue weighted by molar-refractivity contribution is -0.127. The number of benzene rings is 1. The number of para-hydroxylation sites is 1. The van der Waals surface area contributed by atoms with E-state index in [-0.39, 0.29) is 11.7 Å². The third kappa shape index (κ3) is 4.64. The molecule has 0 saturated carbocycles. The van der Waals surface area contributed by atoms with Crippen LogP contribution in [0.15, 0.2) is 29.4 Å². The summed E-state index contributed by atoms with van der Waals surface area (Å²) in [7, 11) is 1.71. The van der Waals surface area contributed by atoms with Crippen LogP contribution in [0.1, 0.15) is 12.0 Å². The molecule has 1 aromatic carbocycles. The Morgan fingerprint density at radius 2 is 2.07 bits per heavy atom. The number of amides is 1. The van der Waals surface area contributed by atoms with Crippen molar-refractivity contribution in [2.24, 2.45) is 0 Å². The summed E-state index contributed by atoms with van der Waals surface area (Å²) in [4.78, 5) is 16.1. The van der Waals surface area contributed by atoms with Gasteiger partial charge in [0.15, 0.2) is 5.16 Å². The van der Waals surface area contributed by atoms with Gasteiger partial charge in [-0.3, -0.25) is 9.36 Å². The van der Waals surface area contributed by atoms with Gasteiger partial charge in [-0.25, -0.2) is 0 Å². The van der Waals surface area contributed by atoms with Gasteiger partial charge >= 0.3 is 0 Å². The summed E-state index contributed by atoms with van der Waals surface area (Å²) in [5.74, 6) is 0.979. The SMILES string of the molecule is Cc1ccccc1-n1c(SCC(=O)N(C)CCC#N)nnc1N1CCOCC1. The van der Waals surface area contributed by atoms with Crippen molar-refractivity contribution in [3.05, 3.63) is 29.8 Å². The summed E-state index contributed by atoms with van der Waals surface area (Å²) in [6, 6.07) is 10.1.